The van der Waals surface area contributed by atoms with Gasteiger partial charge in [0.05, 0.1) is 17.5 Å². The zero-order valence-electron chi connectivity index (χ0n) is 27.9. The fraction of sp³-hybridized carbons (Fsp3) is 0.350. The first-order valence-electron chi connectivity index (χ1n) is 17.4. The molecular formula is C40H46N4O5. The molecule has 0 saturated carbocycles. The second kappa shape index (κ2) is 17.1. The predicted octanol–water partition coefficient (Wildman–Crippen LogP) is 7.50. The van der Waals surface area contributed by atoms with Crippen LogP contribution < -0.4 is 10.6 Å². The normalized spacial score (nSPS) is 16.8. The Kier molecular flexibility index (Phi) is 11.9. The van der Waals surface area contributed by atoms with Crippen molar-refractivity contribution in [3.63, 3.8) is 0 Å². The molecular weight excluding hydrogens is 616 g/mol. The Balaban J connectivity index is 0.857. The lowest BCUT2D eigenvalue weighted by Crippen LogP contribution is -2.43. The summed E-state index contributed by atoms with van der Waals surface area (Å²) < 4.78 is 11.5. The van der Waals surface area contributed by atoms with Crippen LogP contribution in [0.25, 0.3) is 22.3 Å². The van der Waals surface area contributed by atoms with Gasteiger partial charge < -0.3 is 24.4 Å². The van der Waals surface area contributed by atoms with Crippen molar-refractivity contribution in [1.29, 1.82) is 0 Å². The molecule has 4 aromatic carbocycles. The number of hydrogen-bond acceptors (Lipinski definition) is 7. The summed E-state index contributed by atoms with van der Waals surface area (Å²) in [4.78, 5) is 30.1. The van der Waals surface area contributed by atoms with E-state index in [1.165, 1.54) is 0 Å². The van der Waals surface area contributed by atoms with E-state index in [2.05, 4.69) is 20.4 Å². The molecule has 2 fully saturated rings. The molecule has 0 spiro atoms. The zero-order valence-corrected chi connectivity index (χ0v) is 27.9. The third-order valence-electron chi connectivity index (χ3n) is 9.36. The van der Waals surface area contributed by atoms with E-state index in [0.717, 1.165) is 92.0 Å². The lowest BCUT2D eigenvalue weighted by atomic mass is 10.0. The maximum absolute atomic E-state index is 12.7. The van der Waals surface area contributed by atoms with Crippen molar-refractivity contribution in [2.24, 2.45) is 0 Å². The minimum atomic E-state index is -0.440. The largest absolute Gasteiger partial charge is 0.446 e. The summed E-state index contributed by atoms with van der Waals surface area (Å²) in [7, 11) is 0. The molecule has 2 amide bonds. The molecule has 9 nitrogen and oxygen atoms in total. The summed E-state index contributed by atoms with van der Waals surface area (Å²) >= 11 is 0. The number of aliphatic hydroxyl groups excluding tert-OH is 1. The molecule has 1 unspecified atom stereocenters. The van der Waals surface area contributed by atoms with Crippen molar-refractivity contribution in [3.05, 3.63) is 109 Å². The minimum Gasteiger partial charge on any atom is -0.446 e. The number of ether oxygens (including phenoxy) is 2. The van der Waals surface area contributed by atoms with Crippen molar-refractivity contribution >= 4 is 23.6 Å². The van der Waals surface area contributed by atoms with Crippen LogP contribution in [0.15, 0.2) is 109 Å². The van der Waals surface area contributed by atoms with E-state index in [1.54, 1.807) is 0 Å². The van der Waals surface area contributed by atoms with Gasteiger partial charge in [0.2, 0.25) is 0 Å². The minimum absolute atomic E-state index is 0.130. The molecule has 49 heavy (non-hydrogen) atoms. The number of anilines is 2. The van der Waals surface area contributed by atoms with E-state index in [4.69, 9.17) is 9.47 Å². The average Bonchev–Trinajstić information content (AvgIpc) is 3.13. The number of nitrogens with zero attached hydrogens (tertiary/aromatic N) is 2. The highest BCUT2D eigenvalue weighted by Gasteiger charge is 2.26. The van der Waals surface area contributed by atoms with Crippen LogP contribution in [0.4, 0.5) is 21.0 Å². The number of carbonyl (C=O) groups is 2. The van der Waals surface area contributed by atoms with Crippen molar-refractivity contribution < 1.29 is 24.2 Å². The van der Waals surface area contributed by atoms with Gasteiger partial charge in [-0.3, -0.25) is 10.6 Å². The van der Waals surface area contributed by atoms with Crippen LogP contribution in [0.2, 0.25) is 0 Å². The number of nitrogens with one attached hydrogen (secondary N) is 2. The maximum atomic E-state index is 12.7. The number of aliphatic hydroxyl groups is 1. The summed E-state index contributed by atoms with van der Waals surface area (Å²) in [6.07, 6.45) is 2.10. The van der Waals surface area contributed by atoms with Crippen molar-refractivity contribution in [3.8, 4) is 22.3 Å². The number of likely N-dealkylation sites (tertiary alicyclic amines) is 2. The number of para-hydroxylation sites is 2. The van der Waals surface area contributed by atoms with E-state index in [-0.39, 0.29) is 12.2 Å². The van der Waals surface area contributed by atoms with Gasteiger partial charge in [-0.05, 0) is 55.4 Å². The van der Waals surface area contributed by atoms with Gasteiger partial charge in [0.25, 0.3) is 0 Å². The Bertz CT molecular complexity index is 1640. The number of benzene rings is 4. The van der Waals surface area contributed by atoms with Gasteiger partial charge in [0, 0.05) is 50.4 Å². The smallest absolute Gasteiger partial charge is 0.411 e. The molecule has 0 aromatic heterocycles. The van der Waals surface area contributed by atoms with E-state index in [1.807, 2.05) is 109 Å². The number of hydrogen-bond donors (Lipinski definition) is 3. The predicted molar refractivity (Wildman–Crippen MR) is 194 cm³/mol. The Morgan fingerprint density at radius 2 is 1.02 bits per heavy atom. The first kappa shape index (κ1) is 34.2. The monoisotopic (exact) mass is 662 g/mol. The molecule has 0 bridgehead atoms. The molecule has 0 radical (unpaired) electrons. The molecule has 4 aromatic rings. The third-order valence-corrected chi connectivity index (χ3v) is 9.36. The number of amides is 2. The molecule has 2 heterocycles. The zero-order chi connectivity index (χ0) is 33.8. The maximum Gasteiger partial charge on any atom is 0.411 e. The van der Waals surface area contributed by atoms with Crippen LogP contribution in [0, 0.1) is 0 Å². The Hall–Kier alpha value is -4.70. The average molecular weight is 663 g/mol. The van der Waals surface area contributed by atoms with Gasteiger partial charge >= 0.3 is 12.2 Å². The van der Waals surface area contributed by atoms with Crippen LogP contribution in [0.1, 0.15) is 32.1 Å². The number of piperidine rings is 2. The molecule has 0 aliphatic carbocycles. The fourth-order valence-electron chi connectivity index (χ4n) is 6.69. The lowest BCUT2D eigenvalue weighted by molar-refractivity contribution is 0.0294. The summed E-state index contributed by atoms with van der Waals surface area (Å²) in [5.41, 5.74) is 5.43. The standard InChI is InChI=1S/C40H46N4O5/c45-32(29-44-27-22-34(23-28-44)49-40(47)42-38-18-10-8-16-36(38)31-13-5-2-6-14-31)19-24-43-25-20-33(21-26-43)48-39(46)41-37-17-9-7-15-35(37)30-11-3-1-4-12-30/h1-18,32-34,45H,19-29H2,(H,41,46)(H,42,47). The molecule has 2 aliphatic heterocycles. The summed E-state index contributed by atoms with van der Waals surface area (Å²) in [5.74, 6) is 0. The quantitative estimate of drug-likeness (QED) is 0.153. The number of carbonyl (C=O) groups excluding carboxylic acids is 2. The van der Waals surface area contributed by atoms with Gasteiger partial charge in [-0.2, -0.15) is 0 Å². The van der Waals surface area contributed by atoms with Crippen LogP contribution in [0.5, 0.6) is 0 Å². The van der Waals surface area contributed by atoms with E-state index in [9.17, 15) is 14.7 Å². The lowest BCUT2D eigenvalue weighted by Gasteiger charge is -2.34. The van der Waals surface area contributed by atoms with Crippen LogP contribution in [-0.2, 0) is 9.47 Å². The van der Waals surface area contributed by atoms with Gasteiger partial charge in [-0.15, -0.1) is 0 Å². The summed E-state index contributed by atoms with van der Waals surface area (Å²) in [6.45, 7) is 4.60. The second-order valence-corrected chi connectivity index (χ2v) is 12.9. The van der Waals surface area contributed by atoms with Crippen LogP contribution in [-0.4, -0.2) is 84.7 Å². The van der Waals surface area contributed by atoms with Gasteiger partial charge in [0.15, 0.2) is 0 Å². The molecule has 256 valence electrons. The first-order chi connectivity index (χ1) is 24.0. The van der Waals surface area contributed by atoms with Gasteiger partial charge in [0.1, 0.15) is 12.2 Å². The molecule has 2 saturated heterocycles. The Morgan fingerprint density at radius 1 is 0.612 bits per heavy atom. The highest BCUT2D eigenvalue weighted by Crippen LogP contribution is 2.29. The highest BCUT2D eigenvalue weighted by molar-refractivity contribution is 5.92. The topological polar surface area (TPSA) is 103 Å². The Labute approximate surface area is 288 Å². The molecule has 3 N–H and O–H groups in total. The van der Waals surface area contributed by atoms with Gasteiger partial charge in [-0.1, -0.05) is 97.1 Å². The second-order valence-electron chi connectivity index (χ2n) is 12.9. The SMILES string of the molecule is O=C(Nc1ccccc1-c1ccccc1)OC1CCN(CCC(O)CN2CCC(OC(=O)Nc3ccccc3-c3ccccc3)CC2)CC1. The summed E-state index contributed by atoms with van der Waals surface area (Å²) in [5, 5.41) is 16.7. The number of rotatable bonds is 11. The van der Waals surface area contributed by atoms with E-state index in [0.29, 0.717) is 13.0 Å². The van der Waals surface area contributed by atoms with Crippen LogP contribution >= 0.6 is 0 Å². The number of β-amino-alcohol motifs (C(OH)–C–C–N with tert-alkyl or cyclic N) is 1. The third kappa shape index (κ3) is 9.92. The molecule has 1 atom stereocenters. The highest BCUT2D eigenvalue weighted by atomic mass is 16.6. The van der Waals surface area contributed by atoms with Crippen LogP contribution in [0.3, 0.4) is 0 Å². The van der Waals surface area contributed by atoms with Crippen molar-refractivity contribution in [2.45, 2.75) is 50.4 Å². The molecule has 6 rings (SSSR count). The summed E-state index contributed by atoms with van der Waals surface area (Å²) in [6, 6.07) is 35.4. The molecule has 9 heteroatoms. The van der Waals surface area contributed by atoms with Crippen molar-refractivity contribution in [2.75, 3.05) is 49.9 Å². The molecule has 2 aliphatic rings. The van der Waals surface area contributed by atoms with Gasteiger partial charge in [-0.25, -0.2) is 9.59 Å². The first-order valence-corrected chi connectivity index (χ1v) is 17.4. The fourth-order valence-corrected chi connectivity index (χ4v) is 6.69. The van der Waals surface area contributed by atoms with E-state index < -0.39 is 18.3 Å². The van der Waals surface area contributed by atoms with E-state index >= 15 is 0 Å². The van der Waals surface area contributed by atoms with Crippen molar-refractivity contribution in [1.82, 2.24) is 9.80 Å². The Morgan fingerprint density at radius 3 is 1.49 bits per heavy atom.